The zero-order valence-corrected chi connectivity index (χ0v) is 18.7. The minimum absolute atomic E-state index is 0.0242. The maximum absolute atomic E-state index is 13.1. The maximum atomic E-state index is 13.1. The summed E-state index contributed by atoms with van der Waals surface area (Å²) in [4.78, 5) is 18.0. The standard InChI is InChI=1S/C23H27N5O2S/c1-17-12-13-27(21(14-17)25-18-6-4-3-5-7-18)22(29)15-31-23-26-24-16-28(23)19-8-10-20(30-2)11-9-19/h8-14,16,18H,3-7,15H2,1-2H3. The first-order valence-corrected chi connectivity index (χ1v) is 11.6. The van der Waals surface area contributed by atoms with Gasteiger partial charge in [-0.2, -0.15) is 0 Å². The Morgan fingerprint density at radius 2 is 1.97 bits per heavy atom. The minimum Gasteiger partial charge on any atom is -0.497 e. The Hall–Kier alpha value is -2.87. The maximum Gasteiger partial charge on any atom is 0.242 e. The molecule has 0 saturated heterocycles. The van der Waals surface area contributed by atoms with Crippen molar-refractivity contribution in [1.82, 2.24) is 19.3 Å². The molecular weight excluding hydrogens is 410 g/mol. The van der Waals surface area contributed by atoms with Gasteiger partial charge < -0.3 is 4.74 Å². The number of nitrogens with zero attached hydrogens (tertiary/aromatic N) is 5. The van der Waals surface area contributed by atoms with E-state index in [-0.39, 0.29) is 11.7 Å². The Balaban J connectivity index is 1.51. The summed E-state index contributed by atoms with van der Waals surface area (Å²) in [6, 6.07) is 11.9. The molecular formula is C23H27N5O2S. The highest BCUT2D eigenvalue weighted by atomic mass is 32.2. The van der Waals surface area contributed by atoms with Crippen LogP contribution in [0.15, 0.2) is 59.1 Å². The van der Waals surface area contributed by atoms with Gasteiger partial charge in [0.05, 0.1) is 18.9 Å². The third-order valence-electron chi connectivity index (χ3n) is 5.44. The van der Waals surface area contributed by atoms with Gasteiger partial charge in [-0.1, -0.05) is 31.0 Å². The molecule has 0 atom stereocenters. The van der Waals surface area contributed by atoms with Gasteiger partial charge in [0, 0.05) is 11.9 Å². The van der Waals surface area contributed by atoms with E-state index in [4.69, 9.17) is 9.73 Å². The Kier molecular flexibility index (Phi) is 6.86. The fraction of sp³-hybridized carbons (Fsp3) is 0.391. The molecule has 7 nitrogen and oxygen atoms in total. The van der Waals surface area contributed by atoms with Crippen LogP contribution in [0.1, 0.15) is 42.5 Å². The molecule has 162 valence electrons. The Labute approximate surface area is 186 Å². The van der Waals surface area contributed by atoms with Crippen molar-refractivity contribution in [2.24, 2.45) is 4.99 Å². The summed E-state index contributed by atoms with van der Waals surface area (Å²) in [5.74, 6) is 1.01. The van der Waals surface area contributed by atoms with Crippen molar-refractivity contribution >= 4 is 17.7 Å². The number of pyridine rings is 1. The van der Waals surface area contributed by atoms with E-state index < -0.39 is 0 Å². The number of aryl methyl sites for hydroxylation is 1. The smallest absolute Gasteiger partial charge is 0.242 e. The summed E-state index contributed by atoms with van der Waals surface area (Å²) in [7, 11) is 1.64. The molecule has 0 N–H and O–H groups in total. The summed E-state index contributed by atoms with van der Waals surface area (Å²) in [5.41, 5.74) is 2.76. The van der Waals surface area contributed by atoms with Crippen LogP contribution in [0.5, 0.6) is 5.75 Å². The van der Waals surface area contributed by atoms with Crippen LogP contribution in [0.2, 0.25) is 0 Å². The van der Waals surface area contributed by atoms with Crippen LogP contribution in [-0.2, 0) is 0 Å². The molecule has 2 aromatic heterocycles. The number of carbonyl (C=O) groups is 1. The molecule has 1 saturated carbocycles. The van der Waals surface area contributed by atoms with Crippen LogP contribution in [0, 0.1) is 6.92 Å². The molecule has 1 fully saturated rings. The van der Waals surface area contributed by atoms with E-state index >= 15 is 0 Å². The van der Waals surface area contributed by atoms with E-state index in [2.05, 4.69) is 10.2 Å². The van der Waals surface area contributed by atoms with Gasteiger partial charge in [-0.15, -0.1) is 10.2 Å². The van der Waals surface area contributed by atoms with E-state index in [1.165, 1.54) is 31.0 Å². The number of methoxy groups -OCH3 is 1. The van der Waals surface area contributed by atoms with Gasteiger partial charge in [0.25, 0.3) is 0 Å². The Morgan fingerprint density at radius 1 is 1.19 bits per heavy atom. The van der Waals surface area contributed by atoms with Crippen molar-refractivity contribution in [1.29, 1.82) is 0 Å². The highest BCUT2D eigenvalue weighted by Crippen LogP contribution is 2.22. The van der Waals surface area contributed by atoms with Crippen LogP contribution in [0.3, 0.4) is 0 Å². The molecule has 1 aliphatic carbocycles. The summed E-state index contributed by atoms with van der Waals surface area (Å²) in [6.45, 7) is 2.03. The molecule has 4 rings (SSSR count). The second kappa shape index (κ2) is 9.96. The molecule has 0 bridgehead atoms. The number of carbonyl (C=O) groups excluding carboxylic acids is 1. The van der Waals surface area contributed by atoms with Crippen LogP contribution in [0.25, 0.3) is 5.69 Å². The van der Waals surface area contributed by atoms with Gasteiger partial charge in [-0.25, -0.2) is 0 Å². The average Bonchev–Trinajstić information content (AvgIpc) is 3.27. The number of thioether (sulfide) groups is 1. The lowest BCUT2D eigenvalue weighted by atomic mass is 9.96. The zero-order chi connectivity index (χ0) is 21.6. The van der Waals surface area contributed by atoms with Gasteiger partial charge in [0.2, 0.25) is 5.91 Å². The number of hydrogen-bond donors (Lipinski definition) is 0. The summed E-state index contributed by atoms with van der Waals surface area (Å²) in [6.07, 6.45) is 9.38. The summed E-state index contributed by atoms with van der Waals surface area (Å²) >= 11 is 1.37. The average molecular weight is 438 g/mol. The fourth-order valence-electron chi connectivity index (χ4n) is 3.74. The topological polar surface area (TPSA) is 74.3 Å². The van der Waals surface area contributed by atoms with Gasteiger partial charge >= 0.3 is 0 Å². The van der Waals surface area contributed by atoms with Gasteiger partial charge in [-0.05, 0) is 61.7 Å². The van der Waals surface area contributed by atoms with E-state index in [1.54, 1.807) is 18.0 Å². The van der Waals surface area contributed by atoms with Crippen molar-refractivity contribution in [3.63, 3.8) is 0 Å². The molecule has 31 heavy (non-hydrogen) atoms. The second-order valence-electron chi connectivity index (χ2n) is 7.72. The molecule has 0 unspecified atom stereocenters. The van der Waals surface area contributed by atoms with Gasteiger partial charge in [-0.3, -0.25) is 18.9 Å². The van der Waals surface area contributed by atoms with E-state index in [1.807, 2.05) is 54.1 Å². The monoisotopic (exact) mass is 437 g/mol. The number of rotatable bonds is 6. The van der Waals surface area contributed by atoms with Crippen LogP contribution in [0.4, 0.5) is 0 Å². The quantitative estimate of drug-likeness (QED) is 0.544. The highest BCUT2D eigenvalue weighted by molar-refractivity contribution is 7.99. The first kappa shape index (κ1) is 21.4. The molecule has 1 aliphatic rings. The van der Waals surface area contributed by atoms with E-state index in [9.17, 15) is 4.79 Å². The molecule has 3 aromatic rings. The molecule has 0 spiro atoms. The predicted molar refractivity (Wildman–Crippen MR) is 121 cm³/mol. The molecule has 0 aliphatic heterocycles. The summed E-state index contributed by atoms with van der Waals surface area (Å²) < 4.78 is 8.75. The van der Waals surface area contributed by atoms with Crippen LogP contribution >= 0.6 is 11.8 Å². The van der Waals surface area contributed by atoms with Crippen molar-refractivity contribution in [2.45, 2.75) is 50.2 Å². The third-order valence-corrected chi connectivity index (χ3v) is 6.37. The number of hydrogen-bond acceptors (Lipinski definition) is 6. The normalized spacial score (nSPS) is 15.2. The number of aromatic nitrogens is 4. The van der Waals surface area contributed by atoms with Gasteiger partial charge in [0.15, 0.2) is 5.16 Å². The van der Waals surface area contributed by atoms with E-state index in [0.29, 0.717) is 11.2 Å². The molecule has 1 aromatic carbocycles. The van der Waals surface area contributed by atoms with Crippen molar-refractivity contribution < 1.29 is 9.53 Å². The number of benzene rings is 1. The van der Waals surface area contributed by atoms with Crippen molar-refractivity contribution in [2.75, 3.05) is 12.9 Å². The predicted octanol–water partition coefficient (Wildman–Crippen LogP) is 4.05. The first-order valence-electron chi connectivity index (χ1n) is 10.6. The van der Waals surface area contributed by atoms with Crippen LogP contribution in [-0.4, -0.2) is 44.1 Å². The van der Waals surface area contributed by atoms with E-state index in [0.717, 1.165) is 35.3 Å². The first-order chi connectivity index (χ1) is 15.1. The van der Waals surface area contributed by atoms with Crippen molar-refractivity contribution in [3.8, 4) is 11.4 Å². The SMILES string of the molecule is COc1ccc(-n2cnnc2SCC(=O)n2ccc(C)cc2=NC2CCCCC2)cc1. The van der Waals surface area contributed by atoms with Gasteiger partial charge in [0.1, 0.15) is 17.6 Å². The third kappa shape index (κ3) is 5.25. The number of ether oxygens (including phenoxy) is 1. The molecule has 2 heterocycles. The van der Waals surface area contributed by atoms with Crippen molar-refractivity contribution in [3.05, 3.63) is 60.0 Å². The zero-order valence-electron chi connectivity index (χ0n) is 17.9. The molecule has 0 amide bonds. The second-order valence-corrected chi connectivity index (χ2v) is 8.66. The fourth-order valence-corrected chi connectivity index (χ4v) is 4.52. The lowest BCUT2D eigenvalue weighted by molar-refractivity contribution is 0.0936. The molecule has 0 radical (unpaired) electrons. The highest BCUT2D eigenvalue weighted by Gasteiger charge is 2.15. The Morgan fingerprint density at radius 3 is 2.71 bits per heavy atom. The minimum atomic E-state index is -0.0242. The lowest BCUT2D eigenvalue weighted by Crippen LogP contribution is -2.30. The largest absolute Gasteiger partial charge is 0.497 e. The lowest BCUT2D eigenvalue weighted by Gasteiger charge is -2.18. The van der Waals surface area contributed by atoms with Crippen LogP contribution < -0.4 is 10.2 Å². The summed E-state index contributed by atoms with van der Waals surface area (Å²) in [5, 5.41) is 8.88. The Bertz CT molecular complexity index is 1100. The molecule has 8 heteroatoms.